The Morgan fingerprint density at radius 1 is 0.892 bits per heavy atom. The molecule has 0 aromatic heterocycles. The van der Waals surface area contributed by atoms with Gasteiger partial charge in [0.1, 0.15) is 0 Å². The van der Waals surface area contributed by atoms with Gasteiger partial charge in [-0.2, -0.15) is 52.7 Å². The molecule has 0 atom stereocenters. The molecule has 1 heterocycles. The molecule has 0 aliphatic carbocycles. The zero-order chi connectivity index (χ0) is 29.1. The molecule has 0 saturated heterocycles. The summed E-state index contributed by atoms with van der Waals surface area (Å²) in [6, 6.07) is -0.736. The normalized spacial score (nSPS) is 17.9. The monoisotopic (exact) mass is 584 g/mol. The van der Waals surface area contributed by atoms with Crippen molar-refractivity contribution < 1.29 is 66.9 Å². The average molecular weight is 584 g/mol. The number of amidine groups is 1. The smallest absolute Gasteiger partial charge is 0.313 e. The van der Waals surface area contributed by atoms with Crippen molar-refractivity contribution in [2.45, 2.75) is 30.2 Å². The fraction of sp³-hybridized carbons (Fsp3) is 0.400. The second-order valence-corrected chi connectivity index (χ2v) is 7.75. The highest BCUT2D eigenvalue weighted by Gasteiger charge is 2.77. The minimum atomic E-state index is -6.82. The fourth-order valence-corrected chi connectivity index (χ4v) is 4.11. The van der Waals surface area contributed by atoms with Crippen LogP contribution in [0.1, 0.15) is 5.56 Å². The maximum atomic E-state index is 13.9. The number of nitrogens with zero attached hydrogens (tertiary/aromatic N) is 4. The van der Waals surface area contributed by atoms with E-state index >= 15 is 0 Å². The number of rotatable bonds is 3. The first-order valence-electron chi connectivity index (χ1n) is 8.54. The SMILES string of the molecule is CN(C1=NC(C(F)(F)F)(C(F)(F)F)/C(=C(\F)C(F)(F)F)S1)c1c([N+](=O)[O-])cc(C(F)(F)F)cc1[N+](=O)[O-]. The summed E-state index contributed by atoms with van der Waals surface area (Å²) in [5.41, 5.74) is -13.5. The minimum absolute atomic E-state index is 0.223. The number of benzene rings is 1. The van der Waals surface area contributed by atoms with E-state index in [1.165, 1.54) is 0 Å². The Hall–Kier alpha value is -3.33. The highest BCUT2D eigenvalue weighted by Crippen LogP contribution is 2.60. The van der Waals surface area contributed by atoms with E-state index in [1.807, 2.05) is 0 Å². The number of alkyl halides is 12. The highest BCUT2D eigenvalue weighted by molar-refractivity contribution is 8.17. The predicted molar refractivity (Wildman–Crippen MR) is 97.2 cm³/mol. The second kappa shape index (κ2) is 8.90. The van der Waals surface area contributed by atoms with Crippen LogP contribution in [-0.2, 0) is 6.18 Å². The molecule has 0 radical (unpaired) electrons. The van der Waals surface area contributed by atoms with Crippen molar-refractivity contribution in [3.05, 3.63) is 48.7 Å². The topological polar surface area (TPSA) is 102 Å². The molecule has 0 unspecified atom stereocenters. The molecular formula is C15H5F13N4O4S. The van der Waals surface area contributed by atoms with Crippen LogP contribution in [0.3, 0.4) is 0 Å². The Bertz CT molecular complexity index is 1150. The molecule has 206 valence electrons. The van der Waals surface area contributed by atoms with E-state index in [2.05, 4.69) is 4.99 Å². The lowest BCUT2D eigenvalue weighted by molar-refractivity contribution is -0.392. The number of hydrogen-bond acceptors (Lipinski definition) is 7. The first-order chi connectivity index (χ1) is 16.4. The van der Waals surface area contributed by atoms with Crippen LogP contribution in [0.4, 0.5) is 74.1 Å². The molecule has 1 aromatic rings. The molecule has 37 heavy (non-hydrogen) atoms. The number of aliphatic imine (C=N–C) groups is 1. The first kappa shape index (κ1) is 29.9. The quantitative estimate of drug-likeness (QED) is 0.224. The third-order valence-electron chi connectivity index (χ3n) is 4.47. The van der Waals surface area contributed by atoms with Crippen molar-refractivity contribution in [1.82, 2.24) is 0 Å². The van der Waals surface area contributed by atoms with Crippen molar-refractivity contribution >= 4 is 34.0 Å². The van der Waals surface area contributed by atoms with E-state index in [9.17, 15) is 77.3 Å². The van der Waals surface area contributed by atoms with Crippen molar-refractivity contribution in [2.24, 2.45) is 4.99 Å². The van der Waals surface area contributed by atoms with Crippen molar-refractivity contribution in [3.8, 4) is 0 Å². The van der Waals surface area contributed by atoms with Crippen molar-refractivity contribution in [3.63, 3.8) is 0 Å². The Morgan fingerprint density at radius 2 is 1.30 bits per heavy atom. The minimum Gasteiger partial charge on any atom is -0.313 e. The van der Waals surface area contributed by atoms with Gasteiger partial charge in [0.15, 0.2) is 5.17 Å². The van der Waals surface area contributed by atoms with E-state index in [0.29, 0.717) is 0 Å². The summed E-state index contributed by atoms with van der Waals surface area (Å²) >= 11 is -1.29. The van der Waals surface area contributed by atoms with Crippen LogP contribution >= 0.6 is 11.8 Å². The Morgan fingerprint density at radius 3 is 1.59 bits per heavy atom. The molecule has 1 aromatic carbocycles. The molecule has 0 spiro atoms. The fourth-order valence-electron chi connectivity index (χ4n) is 2.89. The van der Waals surface area contributed by atoms with Crippen molar-refractivity contribution in [2.75, 3.05) is 11.9 Å². The van der Waals surface area contributed by atoms with Gasteiger partial charge in [-0.25, -0.2) is 9.38 Å². The average Bonchev–Trinajstić information content (AvgIpc) is 3.12. The number of anilines is 1. The summed E-state index contributed by atoms with van der Waals surface area (Å²) in [5.74, 6) is -3.91. The van der Waals surface area contributed by atoms with Gasteiger partial charge in [-0.1, -0.05) is 11.8 Å². The molecule has 2 rings (SSSR count). The summed E-state index contributed by atoms with van der Waals surface area (Å²) in [4.78, 5) is 17.8. The van der Waals surface area contributed by atoms with E-state index < -0.39 is 90.4 Å². The maximum absolute atomic E-state index is 13.9. The van der Waals surface area contributed by atoms with E-state index in [4.69, 9.17) is 0 Å². The van der Waals surface area contributed by atoms with Gasteiger partial charge >= 0.3 is 36.1 Å². The number of nitro benzene ring substituents is 2. The van der Waals surface area contributed by atoms with Crippen LogP contribution in [0, 0.1) is 20.2 Å². The third-order valence-corrected chi connectivity index (χ3v) is 5.69. The van der Waals surface area contributed by atoms with Gasteiger partial charge in [0, 0.05) is 19.2 Å². The van der Waals surface area contributed by atoms with Crippen LogP contribution in [0.2, 0.25) is 0 Å². The van der Waals surface area contributed by atoms with Gasteiger partial charge in [-0.3, -0.25) is 20.2 Å². The summed E-state index contributed by atoms with van der Waals surface area (Å²) in [5, 5.41) is 20.7. The number of thioether (sulfide) groups is 1. The summed E-state index contributed by atoms with van der Waals surface area (Å²) in [6.45, 7) is 0. The van der Waals surface area contributed by atoms with Crippen LogP contribution in [0.25, 0.3) is 0 Å². The van der Waals surface area contributed by atoms with Crippen LogP contribution < -0.4 is 4.90 Å². The van der Waals surface area contributed by atoms with Crippen LogP contribution in [0.15, 0.2) is 27.9 Å². The number of nitro groups is 2. The Kier molecular flexibility index (Phi) is 7.19. The molecule has 0 bridgehead atoms. The number of halogens is 13. The number of hydrogen-bond donors (Lipinski definition) is 0. The molecule has 1 aliphatic heterocycles. The predicted octanol–water partition coefficient (Wildman–Crippen LogP) is 6.67. The van der Waals surface area contributed by atoms with Gasteiger partial charge in [0.25, 0.3) is 5.54 Å². The van der Waals surface area contributed by atoms with E-state index in [1.54, 1.807) is 0 Å². The lowest BCUT2D eigenvalue weighted by atomic mass is 9.97. The molecule has 22 heteroatoms. The van der Waals surface area contributed by atoms with Gasteiger partial charge in [-0.05, 0) is 0 Å². The van der Waals surface area contributed by atoms with E-state index in [0.717, 1.165) is 0 Å². The zero-order valence-corrected chi connectivity index (χ0v) is 17.7. The molecule has 8 nitrogen and oxygen atoms in total. The summed E-state index contributed by atoms with van der Waals surface area (Å²) < 4.78 is 173. The van der Waals surface area contributed by atoms with Gasteiger partial charge in [-0.15, -0.1) is 0 Å². The highest BCUT2D eigenvalue weighted by atomic mass is 32.2. The zero-order valence-electron chi connectivity index (χ0n) is 16.9. The summed E-state index contributed by atoms with van der Waals surface area (Å²) in [7, 11) is 0.223. The lowest BCUT2D eigenvalue weighted by Crippen LogP contribution is -2.55. The molecule has 1 aliphatic rings. The van der Waals surface area contributed by atoms with Crippen LogP contribution in [0.5, 0.6) is 0 Å². The standard InChI is InChI=1S/C15H5F13N4O4S/c1-30(7-5(31(33)34)2-4(12(17,18)19)3-6(7)32(35)36)10-29-11(14(23,24)25,15(26,27)28)9(37-10)8(16)13(20,21)22/h2-3H,1H3/b9-8+. The summed E-state index contributed by atoms with van der Waals surface area (Å²) in [6.07, 6.45) is -25.5. The Balaban J connectivity index is 2.99. The third kappa shape index (κ3) is 5.09. The van der Waals surface area contributed by atoms with Crippen LogP contribution in [-0.4, -0.2) is 46.1 Å². The molecule has 0 fully saturated rings. The molecule has 0 N–H and O–H groups in total. The second-order valence-electron chi connectivity index (χ2n) is 6.78. The Labute approximate surface area is 197 Å². The van der Waals surface area contributed by atoms with Gasteiger partial charge in [0.2, 0.25) is 11.5 Å². The molecule has 0 saturated carbocycles. The van der Waals surface area contributed by atoms with Gasteiger partial charge < -0.3 is 4.90 Å². The number of allylic oxidation sites excluding steroid dienone is 1. The molecular weight excluding hydrogens is 579 g/mol. The maximum Gasteiger partial charge on any atom is 0.443 e. The van der Waals surface area contributed by atoms with E-state index in [-0.39, 0.29) is 24.1 Å². The van der Waals surface area contributed by atoms with Gasteiger partial charge in [0.05, 0.1) is 20.3 Å². The molecule has 0 amide bonds. The lowest BCUT2D eigenvalue weighted by Gasteiger charge is -2.31. The largest absolute Gasteiger partial charge is 0.443 e. The first-order valence-corrected chi connectivity index (χ1v) is 9.36. The van der Waals surface area contributed by atoms with Crippen molar-refractivity contribution in [1.29, 1.82) is 0 Å².